The molecule has 3 heteroatoms. The Hall–Kier alpha value is -0.830. The third-order valence-electron chi connectivity index (χ3n) is 2.24. The van der Waals surface area contributed by atoms with Gasteiger partial charge in [0.2, 0.25) is 5.91 Å². The van der Waals surface area contributed by atoms with Crippen LogP contribution in [0.2, 0.25) is 0 Å². The Morgan fingerprint density at radius 1 is 1.50 bits per heavy atom. The lowest BCUT2D eigenvalue weighted by atomic mass is 9.92. The van der Waals surface area contributed by atoms with Crippen molar-refractivity contribution in [2.75, 3.05) is 0 Å². The number of carbonyl (C=O) groups is 1. The van der Waals surface area contributed by atoms with Gasteiger partial charge in [-0.2, -0.15) is 0 Å². The average molecular weight is 169 g/mol. The van der Waals surface area contributed by atoms with Crippen molar-refractivity contribution in [2.45, 2.75) is 37.8 Å². The summed E-state index contributed by atoms with van der Waals surface area (Å²) in [5.74, 6) is -0.194. The molecule has 0 aliphatic heterocycles. The van der Waals surface area contributed by atoms with Crippen LogP contribution in [0.15, 0.2) is 12.7 Å². The highest BCUT2D eigenvalue weighted by Crippen LogP contribution is 2.18. The van der Waals surface area contributed by atoms with E-state index in [1.807, 2.05) is 0 Å². The highest BCUT2D eigenvalue weighted by atomic mass is 16.3. The second-order valence-corrected chi connectivity index (χ2v) is 3.17. The van der Waals surface area contributed by atoms with Gasteiger partial charge in [0.25, 0.3) is 0 Å². The van der Waals surface area contributed by atoms with Crippen molar-refractivity contribution in [2.24, 2.45) is 0 Å². The molecule has 0 radical (unpaired) electrons. The van der Waals surface area contributed by atoms with Crippen molar-refractivity contribution >= 4 is 5.91 Å². The standard InChI is InChI=1S/C9H15NO2/c1-2-9(12)10-7-5-3-4-6-8(7)11/h2,7-8,11H,1,3-6H2,(H,10,12)/t7-,8-/m1/s1. The number of hydrogen-bond donors (Lipinski definition) is 2. The zero-order chi connectivity index (χ0) is 8.97. The van der Waals surface area contributed by atoms with Gasteiger partial charge in [-0.3, -0.25) is 4.79 Å². The van der Waals surface area contributed by atoms with E-state index >= 15 is 0 Å². The van der Waals surface area contributed by atoms with Gasteiger partial charge in [-0.1, -0.05) is 19.4 Å². The molecule has 2 N–H and O–H groups in total. The van der Waals surface area contributed by atoms with E-state index in [-0.39, 0.29) is 18.1 Å². The second-order valence-electron chi connectivity index (χ2n) is 3.17. The van der Waals surface area contributed by atoms with E-state index in [2.05, 4.69) is 11.9 Å². The number of hydrogen-bond acceptors (Lipinski definition) is 2. The van der Waals surface area contributed by atoms with Crippen LogP contribution in [-0.2, 0) is 4.79 Å². The van der Waals surface area contributed by atoms with E-state index in [9.17, 15) is 9.90 Å². The summed E-state index contributed by atoms with van der Waals surface area (Å²) in [6, 6.07) is -0.0655. The van der Waals surface area contributed by atoms with Crippen molar-refractivity contribution in [3.05, 3.63) is 12.7 Å². The monoisotopic (exact) mass is 169 g/mol. The fraction of sp³-hybridized carbons (Fsp3) is 0.667. The Balaban J connectivity index is 2.38. The van der Waals surface area contributed by atoms with E-state index in [1.165, 1.54) is 6.08 Å². The van der Waals surface area contributed by atoms with Crippen molar-refractivity contribution < 1.29 is 9.90 Å². The zero-order valence-corrected chi connectivity index (χ0v) is 7.12. The summed E-state index contributed by atoms with van der Waals surface area (Å²) in [7, 11) is 0. The summed E-state index contributed by atoms with van der Waals surface area (Å²) >= 11 is 0. The predicted molar refractivity (Wildman–Crippen MR) is 46.6 cm³/mol. The van der Waals surface area contributed by atoms with Crippen molar-refractivity contribution in [1.82, 2.24) is 5.32 Å². The lowest BCUT2D eigenvalue weighted by Crippen LogP contribution is -2.44. The molecule has 68 valence electrons. The highest BCUT2D eigenvalue weighted by molar-refractivity contribution is 5.87. The molecule has 0 spiro atoms. The van der Waals surface area contributed by atoms with Gasteiger partial charge in [0.1, 0.15) is 0 Å². The highest BCUT2D eigenvalue weighted by Gasteiger charge is 2.23. The molecular formula is C9H15NO2. The van der Waals surface area contributed by atoms with E-state index in [0.29, 0.717) is 0 Å². The Morgan fingerprint density at radius 2 is 2.17 bits per heavy atom. The van der Waals surface area contributed by atoms with Gasteiger partial charge < -0.3 is 10.4 Å². The maximum Gasteiger partial charge on any atom is 0.243 e. The van der Waals surface area contributed by atoms with Crippen LogP contribution in [0.4, 0.5) is 0 Å². The minimum Gasteiger partial charge on any atom is -0.391 e. The molecule has 0 saturated heterocycles. The number of aliphatic hydroxyl groups excluding tert-OH is 1. The fourth-order valence-electron chi connectivity index (χ4n) is 1.52. The predicted octanol–water partition coefficient (Wildman–Crippen LogP) is 0.592. The first-order chi connectivity index (χ1) is 5.74. The summed E-state index contributed by atoms with van der Waals surface area (Å²) < 4.78 is 0. The number of amides is 1. The summed E-state index contributed by atoms with van der Waals surface area (Å²) in [6.45, 7) is 3.36. The molecule has 1 amide bonds. The summed E-state index contributed by atoms with van der Waals surface area (Å²) in [4.78, 5) is 10.9. The largest absolute Gasteiger partial charge is 0.391 e. The Morgan fingerprint density at radius 3 is 2.75 bits per heavy atom. The number of carbonyl (C=O) groups excluding carboxylic acids is 1. The van der Waals surface area contributed by atoms with Crippen molar-refractivity contribution in [3.8, 4) is 0 Å². The van der Waals surface area contributed by atoms with Crippen LogP contribution in [0.25, 0.3) is 0 Å². The summed E-state index contributed by atoms with van der Waals surface area (Å²) in [5, 5.41) is 12.2. The van der Waals surface area contributed by atoms with E-state index < -0.39 is 0 Å². The molecule has 3 nitrogen and oxygen atoms in total. The van der Waals surface area contributed by atoms with Crippen molar-refractivity contribution in [1.29, 1.82) is 0 Å². The van der Waals surface area contributed by atoms with E-state index in [4.69, 9.17) is 0 Å². The van der Waals surface area contributed by atoms with Crippen LogP contribution in [0, 0.1) is 0 Å². The third kappa shape index (κ3) is 2.34. The molecule has 1 saturated carbocycles. The first kappa shape index (κ1) is 9.26. The second kappa shape index (κ2) is 4.26. The first-order valence-corrected chi connectivity index (χ1v) is 4.35. The van der Waals surface area contributed by atoms with Gasteiger partial charge in [-0.05, 0) is 18.9 Å². The van der Waals surface area contributed by atoms with Crippen LogP contribution in [0.3, 0.4) is 0 Å². The summed E-state index contributed by atoms with van der Waals surface area (Å²) in [6.07, 6.45) is 4.67. The minimum absolute atomic E-state index is 0.0655. The number of aliphatic hydroxyl groups is 1. The molecule has 1 fully saturated rings. The SMILES string of the molecule is C=CC(=O)N[C@@H]1CCCC[C@H]1O. The zero-order valence-electron chi connectivity index (χ0n) is 7.12. The maximum absolute atomic E-state index is 10.9. The molecular weight excluding hydrogens is 154 g/mol. The average Bonchev–Trinajstić information content (AvgIpc) is 2.09. The molecule has 0 bridgehead atoms. The topological polar surface area (TPSA) is 49.3 Å². The van der Waals surface area contributed by atoms with E-state index in [1.54, 1.807) is 0 Å². The Kier molecular flexibility index (Phi) is 3.29. The van der Waals surface area contributed by atoms with Gasteiger partial charge in [0.05, 0.1) is 12.1 Å². The number of nitrogens with one attached hydrogen (secondary N) is 1. The molecule has 0 aromatic heterocycles. The first-order valence-electron chi connectivity index (χ1n) is 4.35. The fourth-order valence-corrected chi connectivity index (χ4v) is 1.52. The molecule has 0 aromatic carbocycles. The Labute approximate surface area is 72.5 Å². The molecule has 2 atom stereocenters. The Bertz CT molecular complexity index is 179. The van der Waals surface area contributed by atoms with Gasteiger partial charge >= 0.3 is 0 Å². The van der Waals surface area contributed by atoms with Gasteiger partial charge in [-0.25, -0.2) is 0 Å². The molecule has 0 heterocycles. The smallest absolute Gasteiger partial charge is 0.243 e. The molecule has 0 aromatic rings. The van der Waals surface area contributed by atoms with Crippen LogP contribution in [0.5, 0.6) is 0 Å². The molecule has 1 rings (SSSR count). The minimum atomic E-state index is -0.373. The molecule has 1 aliphatic carbocycles. The lowest BCUT2D eigenvalue weighted by Gasteiger charge is -2.27. The van der Waals surface area contributed by atoms with Gasteiger partial charge in [-0.15, -0.1) is 0 Å². The maximum atomic E-state index is 10.9. The number of rotatable bonds is 2. The van der Waals surface area contributed by atoms with Gasteiger partial charge in [0, 0.05) is 0 Å². The quantitative estimate of drug-likeness (QED) is 0.594. The molecule has 1 aliphatic rings. The van der Waals surface area contributed by atoms with Crippen LogP contribution in [-0.4, -0.2) is 23.2 Å². The van der Waals surface area contributed by atoms with E-state index in [0.717, 1.165) is 25.7 Å². The van der Waals surface area contributed by atoms with Crippen molar-refractivity contribution in [3.63, 3.8) is 0 Å². The van der Waals surface area contributed by atoms with Crippen LogP contribution in [0.1, 0.15) is 25.7 Å². The summed E-state index contributed by atoms with van der Waals surface area (Å²) in [5.41, 5.74) is 0. The molecule has 12 heavy (non-hydrogen) atoms. The third-order valence-corrected chi connectivity index (χ3v) is 2.24. The molecule has 0 unspecified atom stereocenters. The van der Waals surface area contributed by atoms with Crippen LogP contribution >= 0.6 is 0 Å². The lowest BCUT2D eigenvalue weighted by molar-refractivity contribution is -0.118. The normalized spacial score (nSPS) is 29.4. The van der Waals surface area contributed by atoms with Gasteiger partial charge in [0.15, 0.2) is 0 Å². The van der Waals surface area contributed by atoms with Crippen LogP contribution < -0.4 is 5.32 Å².